The van der Waals surface area contributed by atoms with E-state index in [1.807, 2.05) is 30.3 Å². The summed E-state index contributed by atoms with van der Waals surface area (Å²) in [5.41, 5.74) is 2.18. The van der Waals surface area contributed by atoms with Gasteiger partial charge >= 0.3 is 17.4 Å². The van der Waals surface area contributed by atoms with Crippen LogP contribution in [0.1, 0.15) is 16.2 Å². The number of esters is 1. The molecular weight excluding hydrogens is 310 g/mol. The summed E-state index contributed by atoms with van der Waals surface area (Å²) in [6.45, 7) is -0.0849. The van der Waals surface area contributed by atoms with Gasteiger partial charge in [0.15, 0.2) is 12.1 Å². The molecule has 3 rings (SSSR count). The van der Waals surface area contributed by atoms with Crippen molar-refractivity contribution in [2.45, 2.75) is 12.5 Å². The standard InChI is InChI=1S/C16H17N5O3/c1-24-16(23)15-20-13-12(17-9-18-13)14(21-15)19-11(8-22)7-10-5-3-2-4-6-10/h2-6,9,11,22H,7-8H2,1H3,(H2,17,18,19,20,21)/p+1/t11-/m0/s1. The van der Waals surface area contributed by atoms with E-state index in [9.17, 15) is 9.90 Å². The Morgan fingerprint density at radius 1 is 1.38 bits per heavy atom. The van der Waals surface area contributed by atoms with E-state index in [-0.39, 0.29) is 18.5 Å². The highest BCUT2D eigenvalue weighted by atomic mass is 16.5. The average molecular weight is 328 g/mol. The number of benzene rings is 1. The van der Waals surface area contributed by atoms with Gasteiger partial charge in [-0.05, 0) is 12.0 Å². The number of nitrogens with one attached hydrogen (secondary N) is 3. The van der Waals surface area contributed by atoms with Gasteiger partial charge in [0.05, 0.1) is 19.8 Å². The lowest BCUT2D eigenvalue weighted by atomic mass is 10.1. The maximum absolute atomic E-state index is 11.7. The smallest absolute Gasteiger partial charge is 0.393 e. The second-order valence-corrected chi connectivity index (χ2v) is 5.26. The lowest BCUT2D eigenvalue weighted by molar-refractivity contribution is -0.347. The molecule has 0 fully saturated rings. The Morgan fingerprint density at radius 2 is 2.17 bits per heavy atom. The number of rotatable bonds is 6. The summed E-state index contributed by atoms with van der Waals surface area (Å²) in [7, 11) is 1.27. The number of H-pyrrole nitrogens is 2. The average Bonchev–Trinajstić information content (AvgIpc) is 3.10. The van der Waals surface area contributed by atoms with Crippen LogP contribution in [0.25, 0.3) is 11.2 Å². The Balaban J connectivity index is 1.89. The molecule has 1 aromatic carbocycles. The number of hydrogen-bond acceptors (Lipinski definition) is 6. The Hall–Kier alpha value is -3.00. The number of nitrogens with zero attached hydrogens (tertiary/aromatic N) is 2. The highest BCUT2D eigenvalue weighted by molar-refractivity contribution is 5.90. The van der Waals surface area contributed by atoms with Crippen LogP contribution in [0.3, 0.4) is 0 Å². The Labute approximate surface area is 137 Å². The molecule has 4 N–H and O–H groups in total. The zero-order valence-electron chi connectivity index (χ0n) is 13.1. The molecule has 0 aliphatic carbocycles. The summed E-state index contributed by atoms with van der Waals surface area (Å²) in [4.78, 5) is 25.9. The number of hydrogen-bond donors (Lipinski definition) is 3. The number of anilines is 1. The van der Waals surface area contributed by atoms with E-state index in [4.69, 9.17) is 0 Å². The minimum absolute atomic E-state index is 0.0558. The van der Waals surface area contributed by atoms with Gasteiger partial charge in [-0.25, -0.2) is 9.78 Å². The predicted molar refractivity (Wildman–Crippen MR) is 86.4 cm³/mol. The molecule has 1 atom stereocenters. The summed E-state index contributed by atoms with van der Waals surface area (Å²) in [6.07, 6.45) is 2.21. The number of aromatic amines is 2. The molecule has 0 bridgehead atoms. The van der Waals surface area contributed by atoms with Gasteiger partial charge in [-0.1, -0.05) is 35.3 Å². The number of methoxy groups -OCH3 is 1. The maximum atomic E-state index is 11.7. The molecular formula is C16H18N5O3+. The van der Waals surface area contributed by atoms with Gasteiger partial charge in [0.1, 0.15) is 0 Å². The molecule has 2 heterocycles. The van der Waals surface area contributed by atoms with Crippen molar-refractivity contribution in [2.75, 3.05) is 19.0 Å². The predicted octanol–water partition coefficient (Wildman–Crippen LogP) is 0.574. The van der Waals surface area contributed by atoms with Gasteiger partial charge in [-0.2, -0.15) is 4.98 Å². The third-order valence-corrected chi connectivity index (χ3v) is 3.59. The molecule has 0 saturated heterocycles. The number of aromatic nitrogens is 4. The first kappa shape index (κ1) is 15.9. The van der Waals surface area contributed by atoms with Crippen LogP contribution in [-0.4, -0.2) is 45.8 Å². The first-order valence-electron chi connectivity index (χ1n) is 7.47. The van der Waals surface area contributed by atoms with Crippen molar-refractivity contribution >= 4 is 23.0 Å². The third-order valence-electron chi connectivity index (χ3n) is 3.59. The second kappa shape index (κ2) is 7.05. The third kappa shape index (κ3) is 3.33. The van der Waals surface area contributed by atoms with Crippen molar-refractivity contribution < 1.29 is 19.6 Å². The first-order chi connectivity index (χ1) is 11.7. The fraction of sp³-hybridized carbons (Fsp3) is 0.250. The minimum atomic E-state index is -0.627. The Morgan fingerprint density at radius 3 is 2.88 bits per heavy atom. The molecule has 0 radical (unpaired) electrons. The summed E-state index contributed by atoms with van der Waals surface area (Å²) in [5, 5.41) is 12.8. The molecule has 0 aliphatic heterocycles. The van der Waals surface area contributed by atoms with E-state index < -0.39 is 5.97 Å². The van der Waals surface area contributed by atoms with E-state index in [1.165, 1.54) is 7.11 Å². The summed E-state index contributed by atoms with van der Waals surface area (Å²) in [6, 6.07) is 9.55. The van der Waals surface area contributed by atoms with Crippen LogP contribution in [0.5, 0.6) is 0 Å². The van der Waals surface area contributed by atoms with Gasteiger partial charge < -0.3 is 15.2 Å². The fourth-order valence-electron chi connectivity index (χ4n) is 2.42. The zero-order chi connectivity index (χ0) is 16.9. The summed E-state index contributed by atoms with van der Waals surface area (Å²) < 4.78 is 4.68. The van der Waals surface area contributed by atoms with E-state index in [0.717, 1.165) is 5.56 Å². The van der Waals surface area contributed by atoms with E-state index in [0.29, 0.717) is 23.4 Å². The van der Waals surface area contributed by atoms with Gasteiger partial charge in [0.25, 0.3) is 0 Å². The van der Waals surface area contributed by atoms with Crippen LogP contribution >= 0.6 is 0 Å². The quantitative estimate of drug-likeness (QED) is 0.570. The highest BCUT2D eigenvalue weighted by Crippen LogP contribution is 2.17. The minimum Gasteiger partial charge on any atom is -0.462 e. The van der Waals surface area contributed by atoms with Gasteiger partial charge in [-0.3, -0.25) is 4.98 Å². The molecule has 8 nitrogen and oxygen atoms in total. The number of aliphatic hydroxyl groups excluding tert-OH is 1. The molecule has 0 spiro atoms. The van der Waals surface area contributed by atoms with Crippen LogP contribution in [0.4, 0.5) is 5.82 Å². The van der Waals surface area contributed by atoms with Crippen molar-refractivity contribution in [3.8, 4) is 0 Å². The van der Waals surface area contributed by atoms with Crippen molar-refractivity contribution in [2.24, 2.45) is 0 Å². The molecule has 0 unspecified atom stereocenters. The van der Waals surface area contributed by atoms with E-state index >= 15 is 0 Å². The van der Waals surface area contributed by atoms with Crippen molar-refractivity contribution in [1.29, 1.82) is 0 Å². The highest BCUT2D eigenvalue weighted by Gasteiger charge is 2.22. The SMILES string of the molecule is COC(=O)c1nc(N[C@H](CO)Cc2ccccc2)c2[nH]c[nH+]c2n1. The van der Waals surface area contributed by atoms with E-state index in [1.54, 1.807) is 6.33 Å². The van der Waals surface area contributed by atoms with Crippen LogP contribution < -0.4 is 10.3 Å². The number of aliphatic hydroxyl groups is 1. The summed E-state index contributed by atoms with van der Waals surface area (Å²) in [5.74, 6) is -0.255. The van der Waals surface area contributed by atoms with Gasteiger partial charge in [0.2, 0.25) is 5.52 Å². The lowest BCUT2D eigenvalue weighted by Gasteiger charge is -2.16. The molecule has 24 heavy (non-hydrogen) atoms. The topological polar surface area (TPSA) is 114 Å². The molecule has 0 amide bonds. The Bertz CT molecular complexity index is 834. The number of carbonyl (C=O) groups is 1. The largest absolute Gasteiger partial charge is 0.462 e. The number of imidazole rings is 1. The first-order valence-corrected chi connectivity index (χ1v) is 7.47. The molecule has 124 valence electrons. The normalized spacial score (nSPS) is 12.1. The maximum Gasteiger partial charge on any atom is 0.393 e. The van der Waals surface area contributed by atoms with Crippen molar-refractivity contribution in [3.05, 3.63) is 48.0 Å². The molecule has 0 aliphatic rings. The molecule has 0 saturated carbocycles. The monoisotopic (exact) mass is 328 g/mol. The van der Waals surface area contributed by atoms with E-state index in [2.05, 4.69) is 30.0 Å². The van der Waals surface area contributed by atoms with Gasteiger partial charge in [-0.15, -0.1) is 0 Å². The Kier molecular flexibility index (Phi) is 4.66. The van der Waals surface area contributed by atoms with Crippen LogP contribution in [0, 0.1) is 0 Å². The molecule has 3 aromatic rings. The number of ether oxygens (including phenoxy) is 1. The van der Waals surface area contributed by atoms with Crippen molar-refractivity contribution in [3.63, 3.8) is 0 Å². The summed E-state index contributed by atoms with van der Waals surface area (Å²) >= 11 is 0. The molecule has 8 heteroatoms. The number of carbonyl (C=O) groups excluding carboxylic acids is 1. The zero-order valence-corrected chi connectivity index (χ0v) is 13.1. The fourth-order valence-corrected chi connectivity index (χ4v) is 2.42. The van der Waals surface area contributed by atoms with Crippen molar-refractivity contribution in [1.82, 2.24) is 15.0 Å². The van der Waals surface area contributed by atoms with Crippen LogP contribution in [-0.2, 0) is 11.2 Å². The number of fused-ring (bicyclic) bond motifs is 1. The lowest BCUT2D eigenvalue weighted by Crippen LogP contribution is -2.27. The molecule has 2 aromatic heterocycles. The van der Waals surface area contributed by atoms with Gasteiger partial charge in [0, 0.05) is 0 Å². The van der Waals surface area contributed by atoms with Crippen LogP contribution in [0.15, 0.2) is 36.7 Å². The van der Waals surface area contributed by atoms with Crippen LogP contribution in [0.2, 0.25) is 0 Å². The second-order valence-electron chi connectivity index (χ2n) is 5.26.